The molecule has 0 atom stereocenters. The zero-order valence-corrected chi connectivity index (χ0v) is 15.9. The molecular formula is C19H19N3O4S. The fourth-order valence-electron chi connectivity index (χ4n) is 2.40. The van der Waals surface area contributed by atoms with Crippen molar-refractivity contribution < 1.29 is 17.7 Å². The van der Waals surface area contributed by atoms with E-state index < -0.39 is 10.0 Å². The van der Waals surface area contributed by atoms with Crippen LogP contribution in [0, 0.1) is 20.8 Å². The van der Waals surface area contributed by atoms with Crippen molar-refractivity contribution in [1.29, 1.82) is 0 Å². The summed E-state index contributed by atoms with van der Waals surface area (Å²) in [5.74, 6) is -0.176. The summed E-state index contributed by atoms with van der Waals surface area (Å²) in [7, 11) is -3.82. The topological polar surface area (TPSA) is 101 Å². The predicted molar refractivity (Wildman–Crippen MR) is 102 cm³/mol. The Morgan fingerprint density at radius 1 is 1.04 bits per heavy atom. The lowest BCUT2D eigenvalue weighted by molar-refractivity contribution is 0.102. The van der Waals surface area contributed by atoms with Crippen LogP contribution in [0.1, 0.15) is 27.2 Å². The summed E-state index contributed by atoms with van der Waals surface area (Å²) in [6.45, 7) is 5.34. The molecule has 140 valence electrons. The van der Waals surface area contributed by atoms with Crippen molar-refractivity contribution in [2.45, 2.75) is 25.7 Å². The van der Waals surface area contributed by atoms with Crippen LogP contribution in [0.5, 0.6) is 0 Å². The second-order valence-electron chi connectivity index (χ2n) is 6.18. The molecule has 0 bridgehead atoms. The van der Waals surface area contributed by atoms with Gasteiger partial charge in [0.1, 0.15) is 0 Å². The van der Waals surface area contributed by atoms with Crippen molar-refractivity contribution in [2.24, 2.45) is 0 Å². The summed E-state index contributed by atoms with van der Waals surface area (Å²) in [5, 5.41) is 6.47. The predicted octanol–water partition coefficient (Wildman–Crippen LogP) is 3.65. The average molecular weight is 385 g/mol. The number of carbonyl (C=O) groups is 1. The number of nitrogens with one attached hydrogen (secondary N) is 2. The first-order chi connectivity index (χ1) is 12.8. The van der Waals surface area contributed by atoms with Crippen LogP contribution in [0.2, 0.25) is 0 Å². The quantitative estimate of drug-likeness (QED) is 0.698. The highest BCUT2D eigenvalue weighted by Gasteiger charge is 2.19. The third-order valence-corrected chi connectivity index (χ3v) is 5.43. The fraction of sp³-hybridized carbons (Fsp3) is 0.158. The molecule has 0 aliphatic heterocycles. The van der Waals surface area contributed by atoms with E-state index in [-0.39, 0.29) is 16.7 Å². The lowest BCUT2D eigenvalue weighted by atomic mass is 10.1. The highest BCUT2D eigenvalue weighted by Crippen LogP contribution is 2.22. The van der Waals surface area contributed by atoms with Crippen molar-refractivity contribution in [3.63, 3.8) is 0 Å². The molecule has 3 rings (SSSR count). The highest BCUT2D eigenvalue weighted by atomic mass is 32.2. The van der Waals surface area contributed by atoms with Gasteiger partial charge in [-0.05, 0) is 57.2 Å². The number of aromatic nitrogens is 1. The number of nitrogens with zero attached hydrogens (tertiary/aromatic N) is 1. The van der Waals surface area contributed by atoms with Crippen molar-refractivity contribution in [2.75, 3.05) is 10.0 Å². The van der Waals surface area contributed by atoms with E-state index in [2.05, 4.69) is 15.2 Å². The molecule has 0 aliphatic rings. The Labute approximate surface area is 157 Å². The number of anilines is 2. The zero-order chi connectivity index (χ0) is 19.6. The lowest BCUT2D eigenvalue weighted by Gasteiger charge is -2.08. The summed E-state index contributed by atoms with van der Waals surface area (Å²) in [6, 6.07) is 13.1. The SMILES string of the molecule is Cc1cccc(C(=O)Nc2ccc(S(=O)(=O)Nc3onc(C)c3C)cc2)c1. The smallest absolute Gasteiger partial charge is 0.264 e. The Hall–Kier alpha value is -3.13. The molecule has 0 fully saturated rings. The van der Waals surface area contributed by atoms with Gasteiger partial charge in [-0.3, -0.25) is 4.79 Å². The monoisotopic (exact) mass is 385 g/mol. The molecule has 0 saturated heterocycles. The molecule has 27 heavy (non-hydrogen) atoms. The first kappa shape index (κ1) is 18.7. The summed E-state index contributed by atoms with van der Waals surface area (Å²) in [4.78, 5) is 12.3. The Balaban J connectivity index is 1.74. The number of sulfonamides is 1. The standard InChI is InChI=1S/C19H19N3O4S/c1-12-5-4-6-15(11-12)18(23)20-16-7-9-17(10-8-16)27(24,25)22-19-13(2)14(3)21-26-19/h4-11,22H,1-3H3,(H,20,23). The van der Waals surface area contributed by atoms with Crippen molar-refractivity contribution in [3.05, 3.63) is 70.9 Å². The van der Waals surface area contributed by atoms with Gasteiger partial charge in [0.2, 0.25) is 5.88 Å². The van der Waals surface area contributed by atoms with Crippen molar-refractivity contribution >= 4 is 27.5 Å². The van der Waals surface area contributed by atoms with Crippen LogP contribution in [0.25, 0.3) is 0 Å². The van der Waals surface area contributed by atoms with E-state index in [1.165, 1.54) is 24.3 Å². The fourth-order valence-corrected chi connectivity index (χ4v) is 3.45. The molecule has 2 N–H and O–H groups in total. The van der Waals surface area contributed by atoms with E-state index in [0.29, 0.717) is 22.5 Å². The number of carbonyl (C=O) groups excluding carboxylic acids is 1. The molecular weight excluding hydrogens is 366 g/mol. The molecule has 0 spiro atoms. The molecule has 8 heteroatoms. The van der Waals surface area contributed by atoms with Crippen LogP contribution in [0.15, 0.2) is 57.9 Å². The molecule has 0 radical (unpaired) electrons. The Kier molecular flexibility index (Phi) is 5.00. The number of aryl methyl sites for hydroxylation is 2. The molecule has 0 unspecified atom stereocenters. The minimum atomic E-state index is -3.82. The summed E-state index contributed by atoms with van der Waals surface area (Å²) >= 11 is 0. The van der Waals surface area contributed by atoms with Gasteiger partial charge in [0.15, 0.2) is 0 Å². The maximum absolute atomic E-state index is 12.5. The molecule has 0 saturated carbocycles. The molecule has 3 aromatic rings. The van der Waals surface area contributed by atoms with Gasteiger partial charge in [-0.2, -0.15) is 0 Å². The average Bonchev–Trinajstić information content (AvgIpc) is 2.94. The zero-order valence-electron chi connectivity index (χ0n) is 15.1. The maximum Gasteiger partial charge on any atom is 0.264 e. The first-order valence-electron chi connectivity index (χ1n) is 8.20. The van der Waals surface area contributed by atoms with Gasteiger partial charge in [-0.1, -0.05) is 22.9 Å². The van der Waals surface area contributed by atoms with E-state index >= 15 is 0 Å². The minimum absolute atomic E-state index is 0.0458. The normalized spacial score (nSPS) is 11.2. The van der Waals surface area contributed by atoms with E-state index in [9.17, 15) is 13.2 Å². The van der Waals surface area contributed by atoms with Crippen LogP contribution < -0.4 is 10.0 Å². The molecule has 7 nitrogen and oxygen atoms in total. The van der Waals surface area contributed by atoms with Gasteiger partial charge in [-0.25, -0.2) is 13.1 Å². The van der Waals surface area contributed by atoms with Crippen LogP contribution in [0.4, 0.5) is 11.6 Å². The summed E-state index contributed by atoms with van der Waals surface area (Å²) in [6.07, 6.45) is 0. The third-order valence-electron chi connectivity index (χ3n) is 4.09. The molecule has 1 heterocycles. The highest BCUT2D eigenvalue weighted by molar-refractivity contribution is 7.92. The Bertz CT molecular complexity index is 1090. The molecule has 1 amide bonds. The van der Waals surface area contributed by atoms with E-state index in [0.717, 1.165) is 5.56 Å². The van der Waals surface area contributed by atoms with Crippen molar-refractivity contribution in [3.8, 4) is 0 Å². The van der Waals surface area contributed by atoms with E-state index in [1.807, 2.05) is 13.0 Å². The Morgan fingerprint density at radius 3 is 2.33 bits per heavy atom. The number of hydrogen-bond acceptors (Lipinski definition) is 5. The summed E-state index contributed by atoms with van der Waals surface area (Å²) in [5.41, 5.74) is 3.24. The van der Waals surface area contributed by atoms with Gasteiger partial charge >= 0.3 is 0 Å². The largest absolute Gasteiger partial charge is 0.337 e. The van der Waals surface area contributed by atoms with Crippen LogP contribution in [0.3, 0.4) is 0 Å². The number of rotatable bonds is 5. The van der Waals surface area contributed by atoms with Gasteiger partial charge in [0.25, 0.3) is 15.9 Å². The molecule has 1 aromatic heterocycles. The third kappa shape index (κ3) is 4.17. The minimum Gasteiger partial charge on any atom is -0.337 e. The Morgan fingerprint density at radius 2 is 1.74 bits per heavy atom. The van der Waals surface area contributed by atoms with Crippen LogP contribution >= 0.6 is 0 Å². The number of benzene rings is 2. The van der Waals surface area contributed by atoms with Crippen molar-refractivity contribution in [1.82, 2.24) is 5.16 Å². The molecule has 2 aromatic carbocycles. The second kappa shape index (κ2) is 7.24. The first-order valence-corrected chi connectivity index (χ1v) is 9.68. The molecule has 0 aliphatic carbocycles. The van der Waals surface area contributed by atoms with Gasteiger partial charge in [-0.15, -0.1) is 0 Å². The number of amides is 1. The van der Waals surface area contributed by atoms with Gasteiger partial charge < -0.3 is 9.84 Å². The second-order valence-corrected chi connectivity index (χ2v) is 7.86. The van der Waals surface area contributed by atoms with Crippen LogP contribution in [-0.4, -0.2) is 19.5 Å². The van der Waals surface area contributed by atoms with Crippen LogP contribution in [-0.2, 0) is 10.0 Å². The number of hydrogen-bond donors (Lipinski definition) is 2. The van der Waals surface area contributed by atoms with E-state index in [4.69, 9.17) is 4.52 Å². The lowest BCUT2D eigenvalue weighted by Crippen LogP contribution is -2.14. The maximum atomic E-state index is 12.5. The van der Waals surface area contributed by atoms with Gasteiger partial charge in [0, 0.05) is 16.8 Å². The van der Waals surface area contributed by atoms with Gasteiger partial charge in [0.05, 0.1) is 10.6 Å². The summed E-state index contributed by atoms with van der Waals surface area (Å²) < 4.78 is 32.3. The van der Waals surface area contributed by atoms with E-state index in [1.54, 1.807) is 32.0 Å².